The highest BCUT2D eigenvalue weighted by atomic mass is 16.2. The smallest absolute Gasteiger partial charge is 0.294 e. The third-order valence-electron chi connectivity index (χ3n) is 6.15. The Hall–Kier alpha value is -2.44. The Labute approximate surface area is 171 Å². The Kier molecular flexibility index (Phi) is 5.83. The summed E-state index contributed by atoms with van der Waals surface area (Å²) in [6, 6.07) is 1.86. The maximum absolute atomic E-state index is 13.2. The summed E-state index contributed by atoms with van der Waals surface area (Å²) in [5.74, 6) is 1.68. The molecule has 0 spiro atoms. The van der Waals surface area contributed by atoms with Gasteiger partial charge in [-0.15, -0.1) is 0 Å². The van der Waals surface area contributed by atoms with Gasteiger partial charge in [-0.3, -0.25) is 14.6 Å². The van der Waals surface area contributed by atoms with Gasteiger partial charge < -0.3 is 14.4 Å². The summed E-state index contributed by atoms with van der Waals surface area (Å²) in [5, 5.41) is 0. The zero-order valence-electron chi connectivity index (χ0n) is 17.5. The first-order valence-electron chi connectivity index (χ1n) is 10.9. The van der Waals surface area contributed by atoms with Crippen molar-refractivity contribution in [1.29, 1.82) is 0 Å². The maximum atomic E-state index is 13.2. The largest absolute Gasteiger partial charge is 0.348 e. The number of aromatic nitrogens is 3. The van der Waals surface area contributed by atoms with E-state index in [9.17, 15) is 9.59 Å². The molecule has 1 saturated carbocycles. The van der Waals surface area contributed by atoms with Gasteiger partial charge in [0.05, 0.1) is 17.2 Å². The predicted molar refractivity (Wildman–Crippen MR) is 114 cm³/mol. The van der Waals surface area contributed by atoms with Crippen LogP contribution in [0.3, 0.4) is 0 Å². The Bertz CT molecular complexity index is 924. The van der Waals surface area contributed by atoms with Crippen molar-refractivity contribution in [1.82, 2.24) is 19.4 Å². The Morgan fingerprint density at radius 1 is 1.17 bits per heavy atom. The molecule has 2 fully saturated rings. The van der Waals surface area contributed by atoms with Gasteiger partial charge in [-0.1, -0.05) is 26.7 Å². The second-order valence-corrected chi connectivity index (χ2v) is 8.83. The summed E-state index contributed by atoms with van der Waals surface area (Å²) in [6.07, 6.45) is 9.02. The highest BCUT2D eigenvalue weighted by Crippen LogP contribution is 2.28. The molecule has 1 aliphatic carbocycles. The number of rotatable bonds is 5. The average molecular weight is 398 g/mol. The second kappa shape index (κ2) is 8.51. The minimum Gasteiger partial charge on any atom is -0.348 e. The number of fused-ring (bicyclic) bond motifs is 1. The fourth-order valence-corrected chi connectivity index (χ4v) is 4.58. The number of carbonyl (C=O) groups is 1. The fraction of sp³-hybridized carbons (Fsp3) is 0.636. The number of piperazine rings is 1. The van der Waals surface area contributed by atoms with Gasteiger partial charge >= 0.3 is 0 Å². The molecular weight excluding hydrogens is 366 g/mol. The Balaban J connectivity index is 1.51. The van der Waals surface area contributed by atoms with Crippen LogP contribution in [-0.2, 0) is 11.3 Å². The highest BCUT2D eigenvalue weighted by Gasteiger charge is 2.27. The lowest BCUT2D eigenvalue weighted by Crippen LogP contribution is -2.51. The first kappa shape index (κ1) is 19.9. The molecule has 0 N–H and O–H groups in total. The quantitative estimate of drug-likeness (QED) is 0.776. The summed E-state index contributed by atoms with van der Waals surface area (Å²) in [5.41, 5.74) is 1.50. The van der Waals surface area contributed by atoms with Crippen LogP contribution < -0.4 is 10.5 Å². The molecule has 2 aromatic heterocycles. The number of amides is 1. The SMILES string of the molecule is CC(C)Cn1c(=O)c(N2CCN(C(=O)CC3CCCC3)CC2)nc2ccncc21. The summed E-state index contributed by atoms with van der Waals surface area (Å²) in [4.78, 5) is 38.7. The average Bonchev–Trinajstić information content (AvgIpc) is 3.23. The second-order valence-electron chi connectivity index (χ2n) is 8.83. The zero-order chi connectivity index (χ0) is 20.4. The maximum Gasteiger partial charge on any atom is 0.294 e. The third kappa shape index (κ3) is 4.28. The van der Waals surface area contributed by atoms with Crippen LogP contribution >= 0.6 is 0 Å². The van der Waals surface area contributed by atoms with Crippen molar-refractivity contribution in [3.63, 3.8) is 0 Å². The minimum absolute atomic E-state index is 0.0649. The summed E-state index contributed by atoms with van der Waals surface area (Å²) in [7, 11) is 0. The van der Waals surface area contributed by atoms with Gasteiger partial charge in [-0.05, 0) is 30.7 Å². The van der Waals surface area contributed by atoms with Crippen LogP contribution in [0.1, 0.15) is 46.0 Å². The molecule has 7 heteroatoms. The van der Waals surface area contributed by atoms with E-state index in [-0.39, 0.29) is 11.5 Å². The van der Waals surface area contributed by atoms with Gasteiger partial charge in [0.15, 0.2) is 5.82 Å². The minimum atomic E-state index is -0.0649. The summed E-state index contributed by atoms with van der Waals surface area (Å²) in [6.45, 7) is 7.45. The number of nitrogens with zero attached hydrogens (tertiary/aromatic N) is 5. The van der Waals surface area contributed by atoms with E-state index in [4.69, 9.17) is 0 Å². The van der Waals surface area contributed by atoms with Gasteiger partial charge in [0, 0.05) is 45.3 Å². The Morgan fingerprint density at radius 2 is 1.90 bits per heavy atom. The van der Waals surface area contributed by atoms with E-state index < -0.39 is 0 Å². The third-order valence-corrected chi connectivity index (χ3v) is 6.15. The summed E-state index contributed by atoms with van der Waals surface area (Å²) >= 11 is 0. The van der Waals surface area contributed by atoms with Crippen LogP contribution in [0, 0.1) is 11.8 Å². The first-order valence-corrected chi connectivity index (χ1v) is 10.9. The molecule has 1 aliphatic heterocycles. The Morgan fingerprint density at radius 3 is 2.59 bits per heavy atom. The number of carbonyl (C=O) groups excluding carboxylic acids is 1. The monoisotopic (exact) mass is 397 g/mol. The molecule has 7 nitrogen and oxygen atoms in total. The molecule has 4 rings (SSSR count). The lowest BCUT2D eigenvalue weighted by Gasteiger charge is -2.35. The molecule has 0 radical (unpaired) electrons. The van der Waals surface area contributed by atoms with Gasteiger partial charge in [0.1, 0.15) is 0 Å². The van der Waals surface area contributed by atoms with Crippen LogP contribution in [0.4, 0.5) is 5.82 Å². The molecule has 0 unspecified atom stereocenters. The first-order chi connectivity index (χ1) is 14.0. The lowest BCUT2D eigenvalue weighted by molar-refractivity contribution is -0.132. The van der Waals surface area contributed by atoms with Crippen molar-refractivity contribution in [2.24, 2.45) is 11.8 Å². The van der Waals surface area contributed by atoms with Gasteiger partial charge in [-0.25, -0.2) is 4.98 Å². The molecule has 0 aromatic carbocycles. The van der Waals surface area contributed by atoms with E-state index in [1.54, 1.807) is 17.0 Å². The molecular formula is C22H31N5O2. The number of hydrogen-bond donors (Lipinski definition) is 0. The molecule has 29 heavy (non-hydrogen) atoms. The van der Waals surface area contributed by atoms with E-state index in [1.165, 1.54) is 25.7 Å². The van der Waals surface area contributed by atoms with Crippen LogP contribution in [0.2, 0.25) is 0 Å². The molecule has 1 amide bonds. The van der Waals surface area contributed by atoms with Crippen molar-refractivity contribution < 1.29 is 4.79 Å². The van der Waals surface area contributed by atoms with Crippen LogP contribution in [0.5, 0.6) is 0 Å². The van der Waals surface area contributed by atoms with Crippen LogP contribution in [-0.4, -0.2) is 51.5 Å². The van der Waals surface area contributed by atoms with Crippen molar-refractivity contribution in [3.8, 4) is 0 Å². The van der Waals surface area contributed by atoms with Gasteiger partial charge in [0.2, 0.25) is 5.91 Å². The molecule has 0 bridgehead atoms. The van der Waals surface area contributed by atoms with E-state index in [0.29, 0.717) is 56.8 Å². The lowest BCUT2D eigenvalue weighted by atomic mass is 10.0. The molecule has 156 valence electrons. The number of pyridine rings is 1. The standard InChI is InChI=1S/C22H31N5O2/c1-16(2)15-27-19-14-23-8-7-18(19)24-21(22(27)29)26-11-9-25(10-12-26)20(28)13-17-5-3-4-6-17/h7-8,14,16-17H,3-6,9-13,15H2,1-2H3. The molecule has 2 aliphatic rings. The van der Waals surface area contributed by atoms with Gasteiger partial charge in [-0.2, -0.15) is 0 Å². The number of hydrogen-bond acceptors (Lipinski definition) is 5. The van der Waals surface area contributed by atoms with Crippen molar-refractivity contribution in [3.05, 3.63) is 28.8 Å². The highest BCUT2D eigenvalue weighted by molar-refractivity contribution is 5.77. The van der Waals surface area contributed by atoms with E-state index in [1.807, 2.05) is 15.9 Å². The van der Waals surface area contributed by atoms with E-state index >= 15 is 0 Å². The summed E-state index contributed by atoms with van der Waals surface area (Å²) < 4.78 is 1.80. The van der Waals surface area contributed by atoms with Crippen molar-refractivity contribution in [2.45, 2.75) is 52.5 Å². The predicted octanol–water partition coefficient (Wildman–Crippen LogP) is 2.68. The van der Waals surface area contributed by atoms with Gasteiger partial charge in [0.25, 0.3) is 5.56 Å². The normalized spacial score (nSPS) is 18.2. The van der Waals surface area contributed by atoms with E-state index in [2.05, 4.69) is 23.8 Å². The van der Waals surface area contributed by atoms with E-state index in [0.717, 1.165) is 11.0 Å². The van der Waals surface area contributed by atoms with Crippen LogP contribution in [0.15, 0.2) is 23.3 Å². The van der Waals surface area contributed by atoms with Crippen LogP contribution in [0.25, 0.3) is 11.0 Å². The zero-order valence-corrected chi connectivity index (χ0v) is 17.5. The molecule has 2 aromatic rings. The number of anilines is 1. The van der Waals surface area contributed by atoms with Crippen molar-refractivity contribution in [2.75, 3.05) is 31.1 Å². The fourth-order valence-electron chi connectivity index (χ4n) is 4.58. The van der Waals surface area contributed by atoms with Crippen molar-refractivity contribution >= 4 is 22.8 Å². The molecule has 3 heterocycles. The molecule has 0 atom stereocenters. The topological polar surface area (TPSA) is 71.3 Å². The molecule has 1 saturated heterocycles.